The molecule has 1 fully saturated rings. The number of nitrogens with zero attached hydrogens (tertiary/aromatic N) is 2. The smallest absolute Gasteiger partial charge is 0.247 e. The van der Waals surface area contributed by atoms with Gasteiger partial charge in [-0.3, -0.25) is 14.5 Å². The maximum atomic E-state index is 13.6. The van der Waals surface area contributed by atoms with E-state index in [4.69, 9.17) is 0 Å². The lowest BCUT2D eigenvalue weighted by atomic mass is 10.1. The van der Waals surface area contributed by atoms with Gasteiger partial charge >= 0.3 is 0 Å². The maximum Gasteiger partial charge on any atom is 0.247 e. The Kier molecular flexibility index (Phi) is 7.37. The fourth-order valence-corrected chi connectivity index (χ4v) is 4.11. The average Bonchev–Trinajstić information content (AvgIpc) is 2.84. The Balaban J connectivity index is 1.45. The standard InChI is InChI=1S/C27H29N3O3/c31-24-13-11-21(12-14-24)15-16-29-19-25(28-26(32)20-29)27(33)30(17-22-7-3-1-4-8-22)18-23-9-5-2-6-10-23/h1-14,25,31H,15-20H2,(H,28,32)/t25-/m1/s1. The van der Waals surface area contributed by atoms with Crippen LogP contribution in [0.25, 0.3) is 0 Å². The quantitative estimate of drug-likeness (QED) is 0.562. The molecule has 2 N–H and O–H groups in total. The Morgan fingerprint density at radius 2 is 1.45 bits per heavy atom. The van der Waals surface area contributed by atoms with Crippen LogP contribution in [0.3, 0.4) is 0 Å². The lowest BCUT2D eigenvalue weighted by molar-refractivity contribution is -0.140. The van der Waals surface area contributed by atoms with Gasteiger partial charge in [-0.15, -0.1) is 0 Å². The van der Waals surface area contributed by atoms with E-state index >= 15 is 0 Å². The van der Waals surface area contributed by atoms with E-state index in [0.717, 1.165) is 23.1 Å². The van der Waals surface area contributed by atoms with Gasteiger partial charge in [0, 0.05) is 26.2 Å². The molecule has 1 atom stereocenters. The molecule has 2 amide bonds. The number of phenolic OH excluding ortho intramolecular Hbond substituents is 1. The molecule has 6 heteroatoms. The van der Waals surface area contributed by atoms with Crippen LogP contribution in [0.4, 0.5) is 0 Å². The first-order valence-electron chi connectivity index (χ1n) is 11.2. The zero-order chi connectivity index (χ0) is 23.0. The molecule has 0 radical (unpaired) electrons. The summed E-state index contributed by atoms with van der Waals surface area (Å²) in [4.78, 5) is 29.8. The van der Waals surface area contributed by atoms with Crippen molar-refractivity contribution in [1.29, 1.82) is 0 Å². The largest absolute Gasteiger partial charge is 0.508 e. The van der Waals surface area contributed by atoms with Crippen LogP contribution in [-0.2, 0) is 29.1 Å². The highest BCUT2D eigenvalue weighted by Gasteiger charge is 2.32. The van der Waals surface area contributed by atoms with Crippen molar-refractivity contribution in [3.63, 3.8) is 0 Å². The highest BCUT2D eigenvalue weighted by atomic mass is 16.3. The molecule has 1 aliphatic rings. The summed E-state index contributed by atoms with van der Waals surface area (Å²) in [6.07, 6.45) is 0.742. The number of amides is 2. The lowest BCUT2D eigenvalue weighted by Crippen LogP contribution is -2.60. The van der Waals surface area contributed by atoms with Crippen molar-refractivity contribution in [2.24, 2.45) is 0 Å². The van der Waals surface area contributed by atoms with Gasteiger partial charge in [0.25, 0.3) is 0 Å². The van der Waals surface area contributed by atoms with Gasteiger partial charge in [0.2, 0.25) is 11.8 Å². The number of hydrogen-bond acceptors (Lipinski definition) is 4. The van der Waals surface area contributed by atoms with E-state index in [-0.39, 0.29) is 24.1 Å². The van der Waals surface area contributed by atoms with E-state index in [1.54, 1.807) is 12.1 Å². The number of benzene rings is 3. The third kappa shape index (κ3) is 6.43. The normalized spacial score (nSPS) is 16.2. The summed E-state index contributed by atoms with van der Waals surface area (Å²) in [6, 6.07) is 26.3. The molecule has 3 aromatic carbocycles. The number of nitrogens with one attached hydrogen (secondary N) is 1. The Morgan fingerprint density at radius 1 is 0.879 bits per heavy atom. The maximum absolute atomic E-state index is 13.6. The summed E-state index contributed by atoms with van der Waals surface area (Å²) in [5.41, 5.74) is 3.18. The first-order valence-corrected chi connectivity index (χ1v) is 11.2. The van der Waals surface area contributed by atoms with E-state index in [1.807, 2.05) is 82.6 Å². The summed E-state index contributed by atoms with van der Waals surface area (Å²) >= 11 is 0. The van der Waals surface area contributed by atoms with Gasteiger partial charge in [0.1, 0.15) is 11.8 Å². The Bertz CT molecular complexity index is 1010. The second kappa shape index (κ2) is 10.8. The molecule has 0 bridgehead atoms. The zero-order valence-electron chi connectivity index (χ0n) is 18.6. The number of hydrogen-bond donors (Lipinski definition) is 2. The molecule has 4 rings (SSSR count). The van der Waals surface area contributed by atoms with E-state index in [1.165, 1.54) is 0 Å². The van der Waals surface area contributed by atoms with Crippen LogP contribution in [-0.4, -0.2) is 52.4 Å². The van der Waals surface area contributed by atoms with Crippen molar-refractivity contribution in [3.8, 4) is 5.75 Å². The van der Waals surface area contributed by atoms with E-state index in [2.05, 4.69) is 5.32 Å². The van der Waals surface area contributed by atoms with Crippen molar-refractivity contribution in [1.82, 2.24) is 15.1 Å². The molecule has 3 aromatic rings. The highest BCUT2D eigenvalue weighted by Crippen LogP contribution is 2.15. The lowest BCUT2D eigenvalue weighted by Gasteiger charge is -2.35. The molecule has 0 saturated carbocycles. The summed E-state index contributed by atoms with van der Waals surface area (Å²) in [7, 11) is 0. The van der Waals surface area contributed by atoms with Crippen LogP contribution >= 0.6 is 0 Å². The van der Waals surface area contributed by atoms with Gasteiger partial charge in [0.15, 0.2) is 0 Å². The molecule has 0 aromatic heterocycles. The molecule has 0 spiro atoms. The van der Waals surface area contributed by atoms with E-state index < -0.39 is 6.04 Å². The molecule has 1 heterocycles. The van der Waals surface area contributed by atoms with Crippen molar-refractivity contribution >= 4 is 11.8 Å². The SMILES string of the molecule is O=C1CN(CCc2ccc(O)cc2)C[C@H](C(=O)N(Cc2ccccc2)Cc2ccccc2)N1. The Hall–Kier alpha value is -3.64. The molecule has 0 aliphatic carbocycles. The number of piperazine rings is 1. The van der Waals surface area contributed by atoms with Crippen LogP contribution in [0.2, 0.25) is 0 Å². The third-order valence-corrected chi connectivity index (χ3v) is 5.84. The Labute approximate surface area is 194 Å². The van der Waals surface area contributed by atoms with Crippen molar-refractivity contribution in [3.05, 3.63) is 102 Å². The number of aromatic hydroxyl groups is 1. The molecule has 33 heavy (non-hydrogen) atoms. The van der Waals surface area contributed by atoms with E-state index in [9.17, 15) is 14.7 Å². The fourth-order valence-electron chi connectivity index (χ4n) is 4.11. The predicted molar refractivity (Wildman–Crippen MR) is 127 cm³/mol. The van der Waals surface area contributed by atoms with Crippen LogP contribution in [0.5, 0.6) is 5.75 Å². The summed E-state index contributed by atoms with van der Waals surface area (Å²) in [6.45, 7) is 2.38. The molecular formula is C27H29N3O3. The van der Waals surface area contributed by atoms with Crippen LogP contribution in [0, 0.1) is 0 Å². The average molecular weight is 444 g/mol. The van der Waals surface area contributed by atoms with Crippen molar-refractivity contribution < 1.29 is 14.7 Å². The van der Waals surface area contributed by atoms with Crippen LogP contribution in [0.1, 0.15) is 16.7 Å². The molecular weight excluding hydrogens is 414 g/mol. The summed E-state index contributed by atoms with van der Waals surface area (Å²) in [5.74, 6) is 0.0220. The van der Waals surface area contributed by atoms with Crippen molar-refractivity contribution in [2.75, 3.05) is 19.6 Å². The fraction of sp³-hybridized carbons (Fsp3) is 0.259. The second-order valence-electron chi connectivity index (χ2n) is 8.44. The van der Waals surface area contributed by atoms with Gasteiger partial charge in [-0.25, -0.2) is 0 Å². The summed E-state index contributed by atoms with van der Waals surface area (Å²) in [5, 5.41) is 12.4. The first kappa shape index (κ1) is 22.6. The van der Waals surface area contributed by atoms with Crippen LogP contribution < -0.4 is 5.32 Å². The minimum Gasteiger partial charge on any atom is -0.508 e. The summed E-state index contributed by atoms with van der Waals surface area (Å²) < 4.78 is 0. The molecule has 170 valence electrons. The monoisotopic (exact) mass is 443 g/mol. The highest BCUT2D eigenvalue weighted by molar-refractivity contribution is 5.89. The topological polar surface area (TPSA) is 72.9 Å². The first-order chi connectivity index (χ1) is 16.1. The van der Waals surface area contributed by atoms with Crippen LogP contribution in [0.15, 0.2) is 84.9 Å². The Morgan fingerprint density at radius 3 is 2.03 bits per heavy atom. The van der Waals surface area contributed by atoms with Gasteiger partial charge in [-0.1, -0.05) is 72.8 Å². The third-order valence-electron chi connectivity index (χ3n) is 5.84. The number of rotatable bonds is 8. The minimum absolute atomic E-state index is 0.0783. The zero-order valence-corrected chi connectivity index (χ0v) is 18.6. The van der Waals surface area contributed by atoms with E-state index in [0.29, 0.717) is 26.2 Å². The molecule has 0 unspecified atom stereocenters. The van der Waals surface area contributed by atoms with Gasteiger partial charge < -0.3 is 15.3 Å². The minimum atomic E-state index is -0.585. The molecule has 6 nitrogen and oxygen atoms in total. The molecule has 1 saturated heterocycles. The number of carbonyl (C=O) groups is 2. The second-order valence-corrected chi connectivity index (χ2v) is 8.44. The molecule has 1 aliphatic heterocycles. The number of carbonyl (C=O) groups excluding carboxylic acids is 2. The van der Waals surface area contributed by atoms with Gasteiger partial charge in [0.05, 0.1) is 6.54 Å². The number of phenols is 1. The van der Waals surface area contributed by atoms with Crippen molar-refractivity contribution in [2.45, 2.75) is 25.6 Å². The van der Waals surface area contributed by atoms with Gasteiger partial charge in [-0.2, -0.15) is 0 Å². The predicted octanol–water partition coefficient (Wildman–Crippen LogP) is 2.96. The van der Waals surface area contributed by atoms with Gasteiger partial charge in [-0.05, 0) is 35.2 Å².